The van der Waals surface area contributed by atoms with Gasteiger partial charge in [0, 0.05) is 13.0 Å². The molecule has 0 heterocycles. The second-order valence-corrected chi connectivity index (χ2v) is 8.11. The van der Waals surface area contributed by atoms with E-state index >= 15 is 0 Å². The predicted molar refractivity (Wildman–Crippen MR) is 128 cm³/mol. The zero-order valence-corrected chi connectivity index (χ0v) is 20.3. The predicted octanol–water partition coefficient (Wildman–Crippen LogP) is 8.97. The number of amides is 1. The van der Waals surface area contributed by atoms with E-state index in [9.17, 15) is 4.79 Å². The van der Waals surface area contributed by atoms with E-state index in [0.29, 0.717) is 6.42 Å². The van der Waals surface area contributed by atoms with E-state index in [1.165, 1.54) is 109 Å². The van der Waals surface area contributed by atoms with Crippen LogP contribution in [0.3, 0.4) is 0 Å². The van der Waals surface area contributed by atoms with Crippen LogP contribution in [0.4, 0.5) is 0 Å². The molecule has 170 valence electrons. The number of carbonyl (C=O) groups is 1. The van der Waals surface area contributed by atoms with Crippen LogP contribution in [0.15, 0.2) is 0 Å². The lowest BCUT2D eigenvalue weighted by Gasteiger charge is -2.05. The van der Waals surface area contributed by atoms with Gasteiger partial charge in [-0.1, -0.05) is 137 Å². The molecule has 0 saturated heterocycles. The van der Waals surface area contributed by atoms with Crippen molar-refractivity contribution >= 4 is 5.91 Å². The van der Waals surface area contributed by atoms with E-state index < -0.39 is 0 Å². The molecule has 0 saturated carbocycles. The fraction of sp³-hybridized carbons (Fsp3) is 0.962. The van der Waals surface area contributed by atoms with Crippen molar-refractivity contribution in [3.8, 4) is 0 Å². The molecular formula is C26H55NO. The second-order valence-electron chi connectivity index (χ2n) is 8.11. The average Bonchev–Trinajstić information content (AvgIpc) is 2.71. The van der Waals surface area contributed by atoms with Crippen LogP contribution in [0.25, 0.3) is 0 Å². The number of nitrogens with one attached hydrogen (secondary N) is 1. The minimum absolute atomic E-state index is 0.222. The van der Waals surface area contributed by atoms with Crippen molar-refractivity contribution in [3.05, 3.63) is 0 Å². The molecular weight excluding hydrogens is 342 g/mol. The molecule has 2 heteroatoms. The maximum absolute atomic E-state index is 11.3. The van der Waals surface area contributed by atoms with Gasteiger partial charge >= 0.3 is 0 Å². The quantitative estimate of drug-likeness (QED) is 0.192. The van der Waals surface area contributed by atoms with Gasteiger partial charge in [0.1, 0.15) is 0 Å². The molecule has 0 radical (unpaired) electrons. The average molecular weight is 398 g/mol. The van der Waals surface area contributed by atoms with Gasteiger partial charge in [-0.25, -0.2) is 0 Å². The Kier molecular flexibility index (Phi) is 30.4. The Hall–Kier alpha value is -0.530. The lowest BCUT2D eigenvalue weighted by atomic mass is 10.0. The summed E-state index contributed by atoms with van der Waals surface area (Å²) in [5, 5.41) is 3.00. The molecule has 28 heavy (non-hydrogen) atoms. The monoisotopic (exact) mass is 397 g/mol. The summed E-state index contributed by atoms with van der Waals surface area (Å²) in [6.45, 7) is 9.21. The molecule has 0 aromatic carbocycles. The fourth-order valence-corrected chi connectivity index (χ4v) is 3.57. The van der Waals surface area contributed by atoms with Crippen LogP contribution in [0.5, 0.6) is 0 Å². The third-order valence-electron chi connectivity index (χ3n) is 5.33. The Morgan fingerprint density at radius 3 is 1.14 bits per heavy atom. The largest absolute Gasteiger partial charge is 0.356 e. The highest BCUT2D eigenvalue weighted by atomic mass is 16.1. The number of carbonyl (C=O) groups excluding carboxylic acids is 1. The summed E-state index contributed by atoms with van der Waals surface area (Å²) in [6, 6.07) is 0. The van der Waals surface area contributed by atoms with Gasteiger partial charge in [0.25, 0.3) is 0 Å². The molecule has 0 aliphatic rings. The van der Waals surface area contributed by atoms with Crippen molar-refractivity contribution in [2.75, 3.05) is 6.54 Å². The first-order valence-corrected chi connectivity index (χ1v) is 13.1. The first-order valence-electron chi connectivity index (χ1n) is 13.1. The minimum Gasteiger partial charge on any atom is -0.356 e. The summed E-state index contributed by atoms with van der Waals surface area (Å²) in [7, 11) is 0. The maximum Gasteiger partial charge on any atom is 0.219 e. The van der Waals surface area contributed by atoms with Crippen LogP contribution in [0, 0.1) is 0 Å². The van der Waals surface area contributed by atoms with Gasteiger partial charge in [0.05, 0.1) is 0 Å². The van der Waals surface area contributed by atoms with Gasteiger partial charge in [0.15, 0.2) is 0 Å². The molecule has 0 rings (SSSR count). The first-order chi connectivity index (χ1) is 13.8. The lowest BCUT2D eigenvalue weighted by Crippen LogP contribution is -2.23. The molecule has 1 amide bonds. The van der Waals surface area contributed by atoms with Gasteiger partial charge in [0.2, 0.25) is 5.91 Å². The Morgan fingerprint density at radius 1 is 0.500 bits per heavy atom. The Balaban J connectivity index is 0. The molecule has 0 aromatic heterocycles. The number of hydrogen-bond acceptors (Lipinski definition) is 1. The third-order valence-corrected chi connectivity index (χ3v) is 5.33. The molecule has 1 N–H and O–H groups in total. The SMILES string of the molecule is CC.CCCCCCCCCCCCCCCCCCCCNC(=O)CCC. The number of unbranched alkanes of at least 4 members (excludes halogenated alkanes) is 17. The van der Waals surface area contributed by atoms with Crippen molar-refractivity contribution in [1.29, 1.82) is 0 Å². The topological polar surface area (TPSA) is 29.1 Å². The van der Waals surface area contributed by atoms with Crippen molar-refractivity contribution in [3.63, 3.8) is 0 Å². The van der Waals surface area contributed by atoms with Crippen molar-refractivity contribution in [2.45, 2.75) is 156 Å². The Morgan fingerprint density at radius 2 is 0.821 bits per heavy atom. The summed E-state index contributed by atoms with van der Waals surface area (Å²) in [5.74, 6) is 0.222. The van der Waals surface area contributed by atoms with Gasteiger partial charge in [-0.05, 0) is 12.8 Å². The van der Waals surface area contributed by atoms with E-state index in [1.807, 2.05) is 13.8 Å². The standard InChI is InChI=1S/C24H49NO.C2H6/c1-3-5-6-7-8-9-10-11-12-13-14-15-16-17-18-19-20-21-23-25-24(26)22-4-2;1-2/h3-23H2,1-2H3,(H,25,26);1-2H3. The highest BCUT2D eigenvalue weighted by Crippen LogP contribution is 2.14. The molecule has 0 bridgehead atoms. The van der Waals surface area contributed by atoms with Gasteiger partial charge in [-0.2, -0.15) is 0 Å². The normalized spacial score (nSPS) is 10.4. The van der Waals surface area contributed by atoms with Gasteiger partial charge < -0.3 is 5.32 Å². The summed E-state index contributed by atoms with van der Waals surface area (Å²) < 4.78 is 0. The Bertz CT molecular complexity index is 278. The molecule has 0 aromatic rings. The summed E-state index contributed by atoms with van der Waals surface area (Å²) in [5.41, 5.74) is 0. The molecule has 0 spiro atoms. The number of rotatable bonds is 21. The summed E-state index contributed by atoms with van der Waals surface area (Å²) in [4.78, 5) is 11.3. The van der Waals surface area contributed by atoms with E-state index in [1.54, 1.807) is 0 Å². The van der Waals surface area contributed by atoms with Crippen LogP contribution in [0.2, 0.25) is 0 Å². The van der Waals surface area contributed by atoms with Crippen molar-refractivity contribution < 1.29 is 4.79 Å². The fourth-order valence-electron chi connectivity index (χ4n) is 3.57. The summed E-state index contributed by atoms with van der Waals surface area (Å²) >= 11 is 0. The van der Waals surface area contributed by atoms with Gasteiger partial charge in [-0.15, -0.1) is 0 Å². The molecule has 0 fully saturated rings. The van der Waals surface area contributed by atoms with Crippen molar-refractivity contribution in [1.82, 2.24) is 5.32 Å². The van der Waals surface area contributed by atoms with Crippen LogP contribution in [-0.2, 0) is 4.79 Å². The highest BCUT2D eigenvalue weighted by Gasteiger charge is 1.98. The first kappa shape index (κ1) is 29.7. The molecule has 0 aliphatic heterocycles. The maximum atomic E-state index is 11.3. The Labute approximate surface area is 179 Å². The van der Waals surface area contributed by atoms with Crippen LogP contribution >= 0.6 is 0 Å². The highest BCUT2D eigenvalue weighted by molar-refractivity contribution is 5.75. The second kappa shape index (κ2) is 28.7. The van der Waals surface area contributed by atoms with E-state index in [-0.39, 0.29) is 5.91 Å². The lowest BCUT2D eigenvalue weighted by molar-refractivity contribution is -0.121. The number of hydrogen-bond donors (Lipinski definition) is 1. The zero-order valence-electron chi connectivity index (χ0n) is 20.3. The zero-order chi connectivity index (χ0) is 21.1. The van der Waals surface area contributed by atoms with E-state index in [0.717, 1.165) is 19.4 Å². The molecule has 0 unspecified atom stereocenters. The third kappa shape index (κ3) is 27.7. The van der Waals surface area contributed by atoms with Crippen LogP contribution in [0.1, 0.15) is 156 Å². The smallest absolute Gasteiger partial charge is 0.219 e. The van der Waals surface area contributed by atoms with E-state index in [4.69, 9.17) is 0 Å². The van der Waals surface area contributed by atoms with Gasteiger partial charge in [-0.3, -0.25) is 4.79 Å². The van der Waals surface area contributed by atoms with Crippen LogP contribution < -0.4 is 5.32 Å². The van der Waals surface area contributed by atoms with Crippen molar-refractivity contribution in [2.24, 2.45) is 0 Å². The van der Waals surface area contributed by atoms with Crippen LogP contribution in [-0.4, -0.2) is 12.5 Å². The molecule has 0 aliphatic carbocycles. The molecule has 0 atom stereocenters. The molecule has 2 nitrogen and oxygen atoms in total. The summed E-state index contributed by atoms with van der Waals surface area (Å²) in [6.07, 6.45) is 26.9. The van der Waals surface area contributed by atoms with E-state index in [2.05, 4.69) is 19.2 Å². The minimum atomic E-state index is 0.222.